The number of imide groups is 1. The third kappa shape index (κ3) is 6.23. The largest absolute Gasteiger partial charge is 0.464 e. The minimum Gasteiger partial charge on any atom is -0.464 e. The molecule has 2 aromatic rings. The lowest BCUT2D eigenvalue weighted by Gasteiger charge is -2.48. The molecule has 1 aromatic heterocycles. The van der Waals surface area contributed by atoms with Gasteiger partial charge in [0.15, 0.2) is 5.12 Å². The first-order valence-corrected chi connectivity index (χ1v) is 17.3. The maximum atomic E-state index is 13.1. The summed E-state index contributed by atoms with van der Waals surface area (Å²) in [4.78, 5) is 52.7. The van der Waals surface area contributed by atoms with Crippen LogP contribution >= 0.6 is 23.5 Å². The zero-order valence-corrected chi connectivity index (χ0v) is 26.1. The molecule has 6 rings (SSSR count). The first-order chi connectivity index (χ1) is 20.2. The molecule has 0 spiro atoms. The van der Waals surface area contributed by atoms with Crippen LogP contribution in [0, 0.1) is 23.2 Å². The summed E-state index contributed by atoms with van der Waals surface area (Å²) in [6.07, 6.45) is 8.78. The third-order valence-corrected chi connectivity index (χ3v) is 11.9. The van der Waals surface area contributed by atoms with Crippen molar-refractivity contribution in [3.63, 3.8) is 0 Å². The van der Waals surface area contributed by atoms with Gasteiger partial charge < -0.3 is 9.32 Å². The number of benzene rings is 1. The van der Waals surface area contributed by atoms with Gasteiger partial charge in [0.1, 0.15) is 17.6 Å². The van der Waals surface area contributed by atoms with Crippen LogP contribution < -0.4 is 5.32 Å². The Balaban J connectivity index is 1.02. The van der Waals surface area contributed by atoms with Gasteiger partial charge in [-0.2, -0.15) is 0 Å². The molecule has 4 aliphatic rings. The van der Waals surface area contributed by atoms with E-state index in [1.54, 1.807) is 22.7 Å². The molecular weight excluding hydrogens is 569 g/mol. The van der Waals surface area contributed by atoms with E-state index >= 15 is 0 Å². The molecule has 3 atom stereocenters. The highest BCUT2D eigenvalue weighted by molar-refractivity contribution is 8.12. The second-order valence-corrected chi connectivity index (χ2v) is 15.0. The molecule has 3 unspecified atom stereocenters. The van der Waals surface area contributed by atoms with Crippen molar-refractivity contribution in [3.8, 4) is 0 Å². The molecule has 2 aliphatic heterocycles. The van der Waals surface area contributed by atoms with Gasteiger partial charge in [-0.05, 0) is 97.9 Å². The second kappa shape index (κ2) is 12.2. The highest BCUT2D eigenvalue weighted by atomic mass is 32.2. The van der Waals surface area contributed by atoms with Gasteiger partial charge in [-0.15, -0.1) is 11.8 Å². The van der Waals surface area contributed by atoms with Gasteiger partial charge >= 0.3 is 0 Å². The SMILES string of the molecule is CCC1(CC(=O)SCc2ccc(CSc3cccc4c3CN(C3CCC(=O)NC3=O)C4=O)o2)CC2CC(C)CC(C2)C1. The molecule has 2 aliphatic carbocycles. The van der Waals surface area contributed by atoms with Crippen LogP contribution in [0.5, 0.6) is 0 Å². The number of thioether (sulfide) groups is 2. The molecule has 7 nitrogen and oxygen atoms in total. The average molecular weight is 609 g/mol. The van der Waals surface area contributed by atoms with Crippen LogP contribution in [0.25, 0.3) is 0 Å². The molecule has 42 heavy (non-hydrogen) atoms. The highest BCUT2D eigenvalue weighted by Crippen LogP contribution is 2.53. The van der Waals surface area contributed by atoms with Gasteiger partial charge in [0.2, 0.25) is 11.8 Å². The third-order valence-electron chi connectivity index (χ3n) is 9.85. The van der Waals surface area contributed by atoms with E-state index in [0.717, 1.165) is 46.2 Å². The molecule has 3 fully saturated rings. The van der Waals surface area contributed by atoms with Crippen molar-refractivity contribution in [1.82, 2.24) is 10.2 Å². The van der Waals surface area contributed by atoms with Gasteiger partial charge in [-0.1, -0.05) is 31.7 Å². The molecule has 1 saturated heterocycles. The van der Waals surface area contributed by atoms with E-state index in [1.807, 2.05) is 24.3 Å². The lowest BCUT2D eigenvalue weighted by Crippen LogP contribution is -2.52. The Morgan fingerprint density at radius 2 is 1.79 bits per heavy atom. The topological polar surface area (TPSA) is 96.7 Å². The molecule has 224 valence electrons. The lowest BCUT2D eigenvalue weighted by atomic mass is 9.57. The number of hydrogen-bond acceptors (Lipinski definition) is 7. The first kappa shape index (κ1) is 29.5. The summed E-state index contributed by atoms with van der Waals surface area (Å²) in [6.45, 7) is 5.01. The number of rotatable bonds is 9. The van der Waals surface area contributed by atoms with Crippen molar-refractivity contribution in [1.29, 1.82) is 0 Å². The van der Waals surface area contributed by atoms with Crippen LogP contribution in [0.2, 0.25) is 0 Å². The fraction of sp³-hybridized carbons (Fsp3) is 0.576. The molecule has 1 aromatic carbocycles. The van der Waals surface area contributed by atoms with Crippen molar-refractivity contribution < 1.29 is 23.6 Å². The highest BCUT2D eigenvalue weighted by Gasteiger charge is 2.44. The number of carbonyl (C=O) groups excluding carboxylic acids is 4. The van der Waals surface area contributed by atoms with Crippen LogP contribution in [0.15, 0.2) is 39.6 Å². The van der Waals surface area contributed by atoms with Gasteiger partial charge in [0, 0.05) is 29.8 Å². The van der Waals surface area contributed by atoms with Crippen molar-refractivity contribution >= 4 is 46.4 Å². The van der Waals surface area contributed by atoms with Crippen molar-refractivity contribution in [3.05, 3.63) is 53.0 Å². The fourth-order valence-electron chi connectivity index (χ4n) is 8.03. The predicted octanol–water partition coefficient (Wildman–Crippen LogP) is 6.73. The number of hydrogen-bond donors (Lipinski definition) is 1. The number of nitrogens with one attached hydrogen (secondary N) is 1. The number of piperidine rings is 1. The van der Waals surface area contributed by atoms with Gasteiger partial charge in [0.25, 0.3) is 5.91 Å². The summed E-state index contributed by atoms with van der Waals surface area (Å²) in [5.41, 5.74) is 1.70. The molecule has 3 amide bonds. The Labute approximate surface area is 256 Å². The smallest absolute Gasteiger partial charge is 0.255 e. The lowest BCUT2D eigenvalue weighted by molar-refractivity contribution is -0.137. The van der Waals surface area contributed by atoms with E-state index in [2.05, 4.69) is 19.2 Å². The summed E-state index contributed by atoms with van der Waals surface area (Å²) >= 11 is 2.99. The first-order valence-electron chi connectivity index (χ1n) is 15.3. The van der Waals surface area contributed by atoms with E-state index in [4.69, 9.17) is 4.42 Å². The molecule has 2 saturated carbocycles. The maximum Gasteiger partial charge on any atom is 0.255 e. The van der Waals surface area contributed by atoms with Gasteiger partial charge in [-0.25, -0.2) is 0 Å². The van der Waals surface area contributed by atoms with E-state index in [1.165, 1.54) is 43.9 Å². The van der Waals surface area contributed by atoms with Crippen LogP contribution in [0.3, 0.4) is 0 Å². The molecule has 1 N–H and O–H groups in total. The number of amides is 3. The van der Waals surface area contributed by atoms with Crippen molar-refractivity contribution in [2.75, 3.05) is 0 Å². The van der Waals surface area contributed by atoms with Crippen molar-refractivity contribution in [2.24, 2.45) is 23.2 Å². The maximum absolute atomic E-state index is 13.1. The summed E-state index contributed by atoms with van der Waals surface area (Å²) in [7, 11) is 0. The number of fused-ring (bicyclic) bond motifs is 3. The van der Waals surface area contributed by atoms with E-state index in [9.17, 15) is 19.2 Å². The van der Waals surface area contributed by atoms with Crippen molar-refractivity contribution in [2.45, 2.75) is 101 Å². The second-order valence-electron chi connectivity index (χ2n) is 13.0. The van der Waals surface area contributed by atoms with E-state index < -0.39 is 11.9 Å². The van der Waals surface area contributed by atoms with E-state index in [0.29, 0.717) is 36.5 Å². The van der Waals surface area contributed by atoms with Crippen LogP contribution in [-0.2, 0) is 32.4 Å². The summed E-state index contributed by atoms with van der Waals surface area (Å²) in [5, 5.41) is 2.64. The summed E-state index contributed by atoms with van der Waals surface area (Å²) in [6, 6.07) is 8.96. The van der Waals surface area contributed by atoms with Crippen LogP contribution in [0.4, 0.5) is 0 Å². The summed E-state index contributed by atoms with van der Waals surface area (Å²) < 4.78 is 6.09. The Morgan fingerprint density at radius 3 is 2.50 bits per heavy atom. The predicted molar refractivity (Wildman–Crippen MR) is 164 cm³/mol. The van der Waals surface area contributed by atoms with Crippen LogP contribution in [-0.4, -0.2) is 33.8 Å². The molecule has 9 heteroatoms. The molecular formula is C33H40N2O5S2. The molecule has 3 heterocycles. The zero-order valence-electron chi connectivity index (χ0n) is 24.5. The molecule has 0 radical (unpaired) electrons. The quantitative estimate of drug-likeness (QED) is 0.249. The van der Waals surface area contributed by atoms with E-state index in [-0.39, 0.29) is 28.8 Å². The van der Waals surface area contributed by atoms with Gasteiger partial charge in [-0.3, -0.25) is 24.5 Å². The minimum absolute atomic E-state index is 0.167. The van der Waals surface area contributed by atoms with Crippen LogP contribution in [0.1, 0.15) is 99.1 Å². The molecule has 2 bridgehead atoms. The average Bonchev–Trinajstić information content (AvgIpc) is 3.54. The standard InChI is InChI=1S/C33H40N2O5S2/c1-3-33(14-21-11-20(2)12-22(13-21)15-33)16-30(37)42-19-24-8-7-23(40-24)18-41-28-6-4-5-25-26(28)17-35(32(25)39)27-9-10-29(36)34-31(27)38/h4-8,20-22,27H,3,9-19H2,1-2H3,(H,34,36,38). The monoisotopic (exact) mass is 608 g/mol. The number of carbonyl (C=O) groups is 4. The van der Waals surface area contributed by atoms with Gasteiger partial charge in [0.05, 0.1) is 11.5 Å². The minimum atomic E-state index is -0.623. The Morgan fingerprint density at radius 1 is 1.05 bits per heavy atom. The Kier molecular flexibility index (Phi) is 8.60. The normalized spacial score (nSPS) is 29.0. The fourth-order valence-corrected chi connectivity index (χ4v) is 9.87. The summed E-state index contributed by atoms with van der Waals surface area (Å²) in [5.74, 6) is 4.33. The Bertz CT molecular complexity index is 1370. The zero-order chi connectivity index (χ0) is 29.4. The Hall–Kier alpha value is -2.52. The number of furan rings is 1. The number of nitrogens with zero attached hydrogens (tertiary/aromatic N) is 1.